The SMILES string of the molecule is CN(Cc1nccn1C)S(=O)(=O)CC(N)=S. The molecule has 0 spiro atoms. The summed E-state index contributed by atoms with van der Waals surface area (Å²) in [5.41, 5.74) is 5.22. The first kappa shape index (κ1) is 13.1. The molecule has 0 unspecified atom stereocenters. The third kappa shape index (κ3) is 3.26. The maximum absolute atomic E-state index is 11.7. The van der Waals surface area contributed by atoms with Crippen LogP contribution in [0.1, 0.15) is 5.82 Å². The molecular weight excluding hydrogens is 248 g/mol. The van der Waals surface area contributed by atoms with Crippen LogP contribution in [0.15, 0.2) is 12.4 Å². The molecule has 0 atom stereocenters. The molecule has 0 aliphatic rings. The molecule has 1 aromatic rings. The largest absolute Gasteiger partial charge is 0.392 e. The molecule has 1 rings (SSSR count). The van der Waals surface area contributed by atoms with Gasteiger partial charge in [-0.15, -0.1) is 0 Å². The second kappa shape index (κ2) is 4.89. The molecule has 0 radical (unpaired) electrons. The average Bonchev–Trinajstić information content (AvgIpc) is 2.49. The van der Waals surface area contributed by atoms with Crippen LogP contribution >= 0.6 is 12.2 Å². The van der Waals surface area contributed by atoms with Gasteiger partial charge in [0.2, 0.25) is 10.0 Å². The number of hydrogen-bond donors (Lipinski definition) is 1. The van der Waals surface area contributed by atoms with Crippen LogP contribution in [0.3, 0.4) is 0 Å². The molecule has 1 heterocycles. The van der Waals surface area contributed by atoms with Crippen molar-refractivity contribution in [2.24, 2.45) is 12.8 Å². The van der Waals surface area contributed by atoms with Crippen LogP contribution in [0.2, 0.25) is 0 Å². The Kier molecular flexibility index (Phi) is 4.00. The lowest BCUT2D eigenvalue weighted by molar-refractivity contribution is 0.454. The zero-order chi connectivity index (χ0) is 12.3. The van der Waals surface area contributed by atoms with Gasteiger partial charge in [-0.2, -0.15) is 4.31 Å². The van der Waals surface area contributed by atoms with Gasteiger partial charge in [-0.1, -0.05) is 12.2 Å². The number of thiocarbonyl (C=S) groups is 1. The Morgan fingerprint density at radius 1 is 1.69 bits per heavy atom. The van der Waals surface area contributed by atoms with Crippen LogP contribution in [-0.4, -0.2) is 40.1 Å². The second-order valence-corrected chi connectivity index (χ2v) is 6.03. The van der Waals surface area contributed by atoms with Gasteiger partial charge in [0, 0.05) is 26.5 Å². The number of sulfonamides is 1. The van der Waals surface area contributed by atoms with Crippen molar-refractivity contribution in [2.75, 3.05) is 12.8 Å². The Morgan fingerprint density at radius 3 is 2.75 bits per heavy atom. The van der Waals surface area contributed by atoms with E-state index in [0.29, 0.717) is 5.82 Å². The van der Waals surface area contributed by atoms with Gasteiger partial charge < -0.3 is 10.3 Å². The molecule has 8 heteroatoms. The predicted molar refractivity (Wildman–Crippen MR) is 65.2 cm³/mol. The summed E-state index contributed by atoms with van der Waals surface area (Å²) >= 11 is 4.59. The monoisotopic (exact) mass is 262 g/mol. The van der Waals surface area contributed by atoms with Crippen molar-refractivity contribution in [3.05, 3.63) is 18.2 Å². The van der Waals surface area contributed by atoms with E-state index in [1.807, 2.05) is 0 Å². The zero-order valence-electron chi connectivity index (χ0n) is 9.12. The topological polar surface area (TPSA) is 81.2 Å². The number of nitrogens with zero attached hydrogens (tertiary/aromatic N) is 3. The summed E-state index contributed by atoms with van der Waals surface area (Å²) in [7, 11) is -0.162. The van der Waals surface area contributed by atoms with Gasteiger partial charge in [0.15, 0.2) is 0 Å². The number of aromatic nitrogens is 2. The maximum Gasteiger partial charge on any atom is 0.220 e. The van der Waals surface area contributed by atoms with E-state index in [4.69, 9.17) is 5.73 Å². The first-order valence-electron chi connectivity index (χ1n) is 4.51. The Labute approximate surface area is 100 Å². The summed E-state index contributed by atoms with van der Waals surface area (Å²) in [6.07, 6.45) is 3.37. The van der Waals surface area contributed by atoms with Crippen molar-refractivity contribution < 1.29 is 8.42 Å². The molecule has 2 N–H and O–H groups in total. The minimum absolute atomic E-state index is 0.0355. The minimum atomic E-state index is -3.44. The van der Waals surface area contributed by atoms with Crippen LogP contribution in [0.5, 0.6) is 0 Å². The van der Waals surface area contributed by atoms with Crippen LogP contribution < -0.4 is 5.73 Å². The van der Waals surface area contributed by atoms with Crippen molar-refractivity contribution in [3.8, 4) is 0 Å². The molecule has 0 bridgehead atoms. The Morgan fingerprint density at radius 2 is 2.31 bits per heavy atom. The molecule has 0 amide bonds. The third-order valence-corrected chi connectivity index (χ3v) is 4.17. The van der Waals surface area contributed by atoms with Crippen LogP contribution in [-0.2, 0) is 23.6 Å². The lowest BCUT2D eigenvalue weighted by Crippen LogP contribution is -2.34. The van der Waals surface area contributed by atoms with E-state index >= 15 is 0 Å². The average molecular weight is 262 g/mol. The number of aryl methyl sites for hydroxylation is 1. The van der Waals surface area contributed by atoms with Gasteiger partial charge in [0.05, 0.1) is 11.5 Å². The molecule has 1 aromatic heterocycles. The van der Waals surface area contributed by atoms with Crippen LogP contribution in [0.4, 0.5) is 0 Å². The number of rotatable bonds is 5. The number of imidazole rings is 1. The molecule has 0 saturated carbocycles. The molecule has 0 saturated heterocycles. The van der Waals surface area contributed by atoms with Gasteiger partial charge >= 0.3 is 0 Å². The van der Waals surface area contributed by atoms with Crippen molar-refractivity contribution in [2.45, 2.75) is 6.54 Å². The van der Waals surface area contributed by atoms with E-state index in [2.05, 4.69) is 17.2 Å². The van der Waals surface area contributed by atoms with Crippen LogP contribution in [0, 0.1) is 0 Å². The smallest absolute Gasteiger partial charge is 0.220 e. The van der Waals surface area contributed by atoms with Crippen molar-refractivity contribution in [1.82, 2.24) is 13.9 Å². The Balaban J connectivity index is 2.76. The Hall–Kier alpha value is -0.990. The van der Waals surface area contributed by atoms with Crippen molar-refractivity contribution in [3.63, 3.8) is 0 Å². The summed E-state index contributed by atoms with van der Waals surface area (Å²) in [6, 6.07) is 0. The zero-order valence-corrected chi connectivity index (χ0v) is 10.8. The molecule has 90 valence electrons. The van der Waals surface area contributed by atoms with Gasteiger partial charge in [-0.25, -0.2) is 13.4 Å². The third-order valence-electron chi connectivity index (χ3n) is 2.08. The van der Waals surface area contributed by atoms with Gasteiger partial charge in [0.25, 0.3) is 0 Å². The van der Waals surface area contributed by atoms with E-state index in [9.17, 15) is 8.42 Å². The normalized spacial score (nSPS) is 11.9. The first-order chi connectivity index (χ1) is 7.33. The highest BCUT2D eigenvalue weighted by Gasteiger charge is 2.20. The van der Waals surface area contributed by atoms with E-state index in [1.54, 1.807) is 24.0 Å². The summed E-state index contributed by atoms with van der Waals surface area (Å²) in [5.74, 6) is 0.345. The lowest BCUT2D eigenvalue weighted by Gasteiger charge is -2.16. The molecule has 16 heavy (non-hydrogen) atoms. The highest BCUT2D eigenvalue weighted by Crippen LogP contribution is 2.05. The summed E-state index contributed by atoms with van der Waals surface area (Å²) < 4.78 is 26.3. The predicted octanol–water partition coefficient (Wildman–Crippen LogP) is -0.532. The van der Waals surface area contributed by atoms with Gasteiger partial charge in [0.1, 0.15) is 11.6 Å². The summed E-state index contributed by atoms with van der Waals surface area (Å²) in [6.45, 7) is 0.203. The van der Waals surface area contributed by atoms with E-state index < -0.39 is 10.0 Å². The van der Waals surface area contributed by atoms with Crippen LogP contribution in [0.25, 0.3) is 0 Å². The molecular formula is C8H14N4O2S2. The van der Waals surface area contributed by atoms with Crippen molar-refractivity contribution >= 4 is 27.2 Å². The number of nitrogens with two attached hydrogens (primary N) is 1. The lowest BCUT2D eigenvalue weighted by atomic mass is 10.6. The van der Waals surface area contributed by atoms with Gasteiger partial charge in [-0.3, -0.25) is 0 Å². The quantitative estimate of drug-likeness (QED) is 0.721. The van der Waals surface area contributed by atoms with E-state index in [-0.39, 0.29) is 17.3 Å². The van der Waals surface area contributed by atoms with E-state index in [0.717, 1.165) is 0 Å². The molecule has 6 nitrogen and oxygen atoms in total. The second-order valence-electron chi connectivity index (χ2n) is 3.43. The molecule has 0 aliphatic carbocycles. The minimum Gasteiger partial charge on any atom is -0.392 e. The molecule has 0 fully saturated rings. The van der Waals surface area contributed by atoms with E-state index in [1.165, 1.54) is 11.4 Å². The number of hydrogen-bond acceptors (Lipinski definition) is 4. The fourth-order valence-corrected chi connectivity index (χ4v) is 2.48. The molecule has 0 aromatic carbocycles. The van der Waals surface area contributed by atoms with Gasteiger partial charge in [-0.05, 0) is 0 Å². The highest BCUT2D eigenvalue weighted by atomic mass is 32.2. The standard InChI is InChI=1S/C8H14N4O2S2/c1-11-4-3-10-8(11)5-12(2)16(13,14)6-7(9)15/h3-4H,5-6H2,1-2H3,(H2,9,15). The first-order valence-corrected chi connectivity index (χ1v) is 6.53. The Bertz CT molecular complexity index is 480. The van der Waals surface area contributed by atoms with Crippen molar-refractivity contribution in [1.29, 1.82) is 0 Å². The summed E-state index contributed by atoms with van der Waals surface area (Å²) in [4.78, 5) is 4.01. The molecule has 0 aliphatic heterocycles. The fourth-order valence-electron chi connectivity index (χ4n) is 1.14. The fraction of sp³-hybridized carbons (Fsp3) is 0.500. The highest BCUT2D eigenvalue weighted by molar-refractivity contribution is 7.92. The summed E-state index contributed by atoms with van der Waals surface area (Å²) in [5, 5.41) is 0. The maximum atomic E-state index is 11.7.